The minimum atomic E-state index is -1.24. The summed E-state index contributed by atoms with van der Waals surface area (Å²) in [4.78, 5) is 25.7. The van der Waals surface area contributed by atoms with Crippen molar-refractivity contribution in [1.29, 1.82) is 0 Å². The number of oxazole rings is 1. The summed E-state index contributed by atoms with van der Waals surface area (Å²) in [6.45, 7) is 3.42. The lowest BCUT2D eigenvalue weighted by atomic mass is 10.1. The first-order valence-corrected chi connectivity index (χ1v) is 5.93. The van der Waals surface area contributed by atoms with E-state index >= 15 is 0 Å². The molecule has 0 bridgehead atoms. The Labute approximate surface area is 114 Å². The van der Waals surface area contributed by atoms with Gasteiger partial charge in [-0.2, -0.15) is 0 Å². The quantitative estimate of drug-likeness (QED) is 0.679. The SMILES string of the molecule is CCc1nc(-c2c(C)cccc2[N+](=O)[O-])oc1C(=O)O. The fraction of sp³-hybridized carbons (Fsp3) is 0.231. The van der Waals surface area contributed by atoms with Crippen molar-refractivity contribution in [1.82, 2.24) is 4.98 Å². The van der Waals surface area contributed by atoms with E-state index in [1.165, 1.54) is 6.07 Å². The van der Waals surface area contributed by atoms with Crippen LogP contribution in [-0.2, 0) is 6.42 Å². The summed E-state index contributed by atoms with van der Waals surface area (Å²) in [5, 5.41) is 20.1. The first-order chi connectivity index (χ1) is 9.45. The van der Waals surface area contributed by atoms with Crippen LogP contribution < -0.4 is 0 Å². The zero-order valence-electron chi connectivity index (χ0n) is 10.9. The van der Waals surface area contributed by atoms with Crippen LogP contribution in [0.4, 0.5) is 5.69 Å². The maximum absolute atomic E-state index is 11.1. The number of carboxylic acids is 1. The van der Waals surface area contributed by atoms with Crippen molar-refractivity contribution in [2.75, 3.05) is 0 Å². The first-order valence-electron chi connectivity index (χ1n) is 5.93. The maximum Gasteiger partial charge on any atom is 0.373 e. The van der Waals surface area contributed by atoms with E-state index in [-0.39, 0.29) is 28.6 Å². The van der Waals surface area contributed by atoms with Crippen LogP contribution in [0.2, 0.25) is 0 Å². The molecule has 1 heterocycles. The second kappa shape index (κ2) is 5.12. The molecule has 2 aromatic rings. The molecule has 7 nitrogen and oxygen atoms in total. The van der Waals surface area contributed by atoms with Gasteiger partial charge in [0, 0.05) is 6.07 Å². The number of hydrogen-bond donors (Lipinski definition) is 1. The molecule has 0 saturated heterocycles. The highest BCUT2D eigenvalue weighted by atomic mass is 16.6. The Bertz CT molecular complexity index is 690. The molecule has 0 aliphatic rings. The molecule has 1 aromatic carbocycles. The molecule has 20 heavy (non-hydrogen) atoms. The standard InChI is InChI=1S/C13H12N2O5/c1-3-8-11(13(16)17)20-12(14-8)10-7(2)5-4-6-9(10)15(18)19/h4-6H,3H2,1-2H3,(H,16,17). The highest BCUT2D eigenvalue weighted by Gasteiger charge is 2.25. The molecule has 0 aliphatic heterocycles. The lowest BCUT2D eigenvalue weighted by molar-refractivity contribution is -0.384. The summed E-state index contributed by atoms with van der Waals surface area (Å²) in [5.41, 5.74) is 0.913. The van der Waals surface area contributed by atoms with Gasteiger partial charge >= 0.3 is 5.97 Å². The zero-order valence-corrected chi connectivity index (χ0v) is 10.9. The Kier molecular flexibility index (Phi) is 3.51. The number of carbonyl (C=O) groups is 1. The van der Waals surface area contributed by atoms with E-state index in [1.807, 2.05) is 0 Å². The van der Waals surface area contributed by atoms with E-state index in [9.17, 15) is 14.9 Å². The van der Waals surface area contributed by atoms with Crippen molar-refractivity contribution in [2.45, 2.75) is 20.3 Å². The Morgan fingerprint density at radius 2 is 2.20 bits per heavy atom. The zero-order chi connectivity index (χ0) is 14.9. The Morgan fingerprint density at radius 3 is 2.70 bits per heavy atom. The van der Waals surface area contributed by atoms with Gasteiger partial charge in [0.25, 0.3) is 5.69 Å². The number of nitrogens with zero attached hydrogens (tertiary/aromatic N) is 2. The van der Waals surface area contributed by atoms with Crippen LogP contribution in [-0.4, -0.2) is 21.0 Å². The van der Waals surface area contributed by atoms with Crippen LogP contribution >= 0.6 is 0 Å². The van der Waals surface area contributed by atoms with Crippen molar-refractivity contribution in [2.24, 2.45) is 0 Å². The van der Waals surface area contributed by atoms with Gasteiger partial charge in [-0.3, -0.25) is 10.1 Å². The van der Waals surface area contributed by atoms with E-state index in [1.54, 1.807) is 26.0 Å². The number of nitro groups is 1. The molecule has 0 radical (unpaired) electrons. The minimum absolute atomic E-state index is 0.0379. The summed E-state index contributed by atoms with van der Waals surface area (Å²) < 4.78 is 5.21. The smallest absolute Gasteiger partial charge is 0.373 e. The highest BCUT2D eigenvalue weighted by molar-refractivity contribution is 5.86. The van der Waals surface area contributed by atoms with E-state index in [4.69, 9.17) is 9.52 Å². The average molecular weight is 276 g/mol. The molecule has 0 unspecified atom stereocenters. The lowest BCUT2D eigenvalue weighted by Gasteiger charge is -2.02. The van der Waals surface area contributed by atoms with E-state index in [0.717, 1.165) is 0 Å². The third-order valence-corrected chi connectivity index (χ3v) is 2.89. The van der Waals surface area contributed by atoms with Crippen LogP contribution in [0.15, 0.2) is 22.6 Å². The van der Waals surface area contributed by atoms with Gasteiger partial charge in [-0.15, -0.1) is 0 Å². The molecule has 0 aliphatic carbocycles. The van der Waals surface area contributed by atoms with Crippen LogP contribution in [0.3, 0.4) is 0 Å². The van der Waals surface area contributed by atoms with Crippen molar-refractivity contribution in [3.05, 3.63) is 45.3 Å². The van der Waals surface area contributed by atoms with Crippen molar-refractivity contribution >= 4 is 11.7 Å². The number of aromatic nitrogens is 1. The molecule has 0 spiro atoms. The van der Waals surface area contributed by atoms with Crippen molar-refractivity contribution in [3.8, 4) is 11.5 Å². The lowest BCUT2D eigenvalue weighted by Crippen LogP contribution is -1.98. The summed E-state index contributed by atoms with van der Waals surface area (Å²) in [7, 11) is 0. The van der Waals surface area contributed by atoms with Gasteiger partial charge in [-0.1, -0.05) is 19.1 Å². The number of carboxylic acid groups (broad SMARTS) is 1. The highest BCUT2D eigenvalue weighted by Crippen LogP contribution is 2.33. The predicted molar refractivity (Wildman–Crippen MR) is 69.7 cm³/mol. The average Bonchev–Trinajstić information content (AvgIpc) is 2.82. The van der Waals surface area contributed by atoms with Crippen LogP contribution in [0, 0.1) is 17.0 Å². The molecule has 0 fully saturated rings. The predicted octanol–water partition coefficient (Wildman–Crippen LogP) is 2.82. The third kappa shape index (κ3) is 2.25. The Balaban J connectivity index is 2.69. The summed E-state index contributed by atoms with van der Waals surface area (Å²) in [5.74, 6) is -1.55. The largest absolute Gasteiger partial charge is 0.475 e. The van der Waals surface area contributed by atoms with Crippen LogP contribution in [0.1, 0.15) is 28.7 Å². The van der Waals surface area contributed by atoms with Gasteiger partial charge in [0.15, 0.2) is 0 Å². The maximum atomic E-state index is 11.1. The van der Waals surface area contributed by atoms with Gasteiger partial charge in [-0.25, -0.2) is 9.78 Å². The van der Waals surface area contributed by atoms with Gasteiger partial charge in [0.05, 0.1) is 10.6 Å². The third-order valence-electron chi connectivity index (χ3n) is 2.89. The minimum Gasteiger partial charge on any atom is -0.475 e. The molecule has 0 amide bonds. The second-order valence-corrected chi connectivity index (χ2v) is 4.18. The normalized spacial score (nSPS) is 10.5. The molecule has 1 aromatic heterocycles. The molecular weight excluding hydrogens is 264 g/mol. The number of aryl methyl sites for hydroxylation is 2. The molecule has 0 atom stereocenters. The molecule has 1 N–H and O–H groups in total. The topological polar surface area (TPSA) is 106 Å². The van der Waals surface area contributed by atoms with E-state index in [2.05, 4.69) is 4.98 Å². The van der Waals surface area contributed by atoms with E-state index in [0.29, 0.717) is 12.0 Å². The first kappa shape index (κ1) is 13.7. The summed E-state index contributed by atoms with van der Waals surface area (Å²) >= 11 is 0. The van der Waals surface area contributed by atoms with E-state index < -0.39 is 10.9 Å². The van der Waals surface area contributed by atoms with Gasteiger partial charge in [-0.05, 0) is 18.9 Å². The number of aromatic carboxylic acids is 1. The molecule has 7 heteroatoms. The van der Waals surface area contributed by atoms with Gasteiger partial charge in [0.2, 0.25) is 11.7 Å². The van der Waals surface area contributed by atoms with Crippen molar-refractivity contribution in [3.63, 3.8) is 0 Å². The van der Waals surface area contributed by atoms with Gasteiger partial charge < -0.3 is 9.52 Å². The number of nitro benzene ring substituents is 1. The monoisotopic (exact) mass is 276 g/mol. The summed E-state index contributed by atoms with van der Waals surface area (Å²) in [6.07, 6.45) is 0.366. The fourth-order valence-electron chi connectivity index (χ4n) is 1.95. The molecule has 104 valence electrons. The summed E-state index contributed by atoms with van der Waals surface area (Å²) in [6, 6.07) is 4.57. The fourth-order valence-corrected chi connectivity index (χ4v) is 1.95. The molecule has 0 saturated carbocycles. The van der Waals surface area contributed by atoms with Gasteiger partial charge in [0.1, 0.15) is 5.56 Å². The molecular formula is C13H12N2O5. The second-order valence-electron chi connectivity index (χ2n) is 4.18. The molecule has 2 rings (SSSR count). The number of rotatable bonds is 4. The van der Waals surface area contributed by atoms with Crippen LogP contribution in [0.5, 0.6) is 0 Å². The van der Waals surface area contributed by atoms with Crippen molar-refractivity contribution < 1.29 is 19.2 Å². The Morgan fingerprint density at radius 1 is 1.50 bits per heavy atom. The number of hydrogen-bond acceptors (Lipinski definition) is 5. The Hall–Kier alpha value is -2.70. The van der Waals surface area contributed by atoms with Crippen LogP contribution in [0.25, 0.3) is 11.5 Å². The number of benzene rings is 1.